The van der Waals surface area contributed by atoms with Gasteiger partial charge in [-0.25, -0.2) is 18.6 Å². The molecule has 210 valence electrons. The zero-order chi connectivity index (χ0) is 28.7. The summed E-state index contributed by atoms with van der Waals surface area (Å²) in [5.74, 6) is -2.33. The number of carbonyl (C=O) groups is 1. The molecule has 1 aliphatic rings. The Bertz CT molecular complexity index is 1500. The number of nitrogens with zero attached hydrogens (tertiary/aromatic N) is 1. The summed E-state index contributed by atoms with van der Waals surface area (Å²) in [5.41, 5.74) is 0.900. The van der Waals surface area contributed by atoms with Crippen molar-refractivity contribution in [3.63, 3.8) is 0 Å². The van der Waals surface area contributed by atoms with Crippen molar-refractivity contribution >= 4 is 33.0 Å². The number of rotatable bonds is 7. The van der Waals surface area contributed by atoms with E-state index in [9.17, 15) is 17.6 Å². The second-order valence-electron chi connectivity index (χ2n) is 11.0. The number of carboxylic acids is 1. The quantitative estimate of drug-likeness (QED) is 0.307. The van der Waals surface area contributed by atoms with Gasteiger partial charge in [0.05, 0.1) is 18.4 Å². The summed E-state index contributed by atoms with van der Waals surface area (Å²) in [6, 6.07) is 5.20. The van der Waals surface area contributed by atoms with E-state index in [4.69, 9.17) is 9.84 Å². The van der Waals surface area contributed by atoms with Gasteiger partial charge >= 0.3 is 5.97 Å². The monoisotopic (exact) mass is 578 g/mol. The molecule has 0 bridgehead atoms. The van der Waals surface area contributed by atoms with Crippen molar-refractivity contribution < 1.29 is 31.8 Å². The molecule has 3 aromatic rings. The van der Waals surface area contributed by atoms with Gasteiger partial charge in [0.15, 0.2) is 5.03 Å². The second-order valence-corrected chi connectivity index (χ2v) is 13.5. The first-order valence-electron chi connectivity index (χ1n) is 12.6. The van der Waals surface area contributed by atoms with Crippen LogP contribution in [0.4, 0.5) is 14.5 Å². The fraction of sp³-hybridized carbons (Fsp3) is 0.429. The number of carboxylic acid groups (broad SMARTS) is 1. The molecule has 4 rings (SSSR count). The van der Waals surface area contributed by atoms with Gasteiger partial charge in [-0.3, -0.25) is 4.72 Å². The van der Waals surface area contributed by atoms with E-state index in [1.54, 1.807) is 19.1 Å². The molecule has 1 aromatic heterocycles. The maximum atomic E-state index is 15.6. The molecule has 39 heavy (non-hydrogen) atoms. The number of aromatic nitrogens is 1. The van der Waals surface area contributed by atoms with Crippen LogP contribution in [0, 0.1) is 29.9 Å². The number of benzene rings is 2. The van der Waals surface area contributed by atoms with E-state index in [0.29, 0.717) is 27.6 Å². The Morgan fingerprint density at radius 2 is 1.82 bits per heavy atom. The molecule has 0 spiro atoms. The molecule has 0 aliphatic heterocycles. The maximum Gasteiger partial charge on any atom is 0.338 e. The third-order valence-corrected chi connectivity index (χ3v) is 9.83. The Balaban J connectivity index is 1.57. The minimum Gasteiger partial charge on any atom is -0.495 e. The van der Waals surface area contributed by atoms with Crippen LogP contribution in [0.5, 0.6) is 5.75 Å². The predicted molar refractivity (Wildman–Crippen MR) is 147 cm³/mol. The molecule has 0 atom stereocenters. The van der Waals surface area contributed by atoms with Crippen LogP contribution < -0.4 is 9.46 Å². The number of hydrogen-bond acceptors (Lipinski definition) is 6. The van der Waals surface area contributed by atoms with Gasteiger partial charge < -0.3 is 9.84 Å². The molecular formula is C28H32F2N2O5S2. The highest BCUT2D eigenvalue weighted by atomic mass is 32.2. The summed E-state index contributed by atoms with van der Waals surface area (Å²) < 4.78 is 63.1. The molecule has 1 fully saturated rings. The van der Waals surface area contributed by atoms with E-state index in [2.05, 4.69) is 30.5 Å². The molecule has 1 aliphatic carbocycles. The summed E-state index contributed by atoms with van der Waals surface area (Å²) in [7, 11) is -3.08. The molecule has 2 N–H and O–H groups in total. The first-order chi connectivity index (χ1) is 18.2. The van der Waals surface area contributed by atoms with Crippen molar-refractivity contribution in [1.29, 1.82) is 0 Å². The number of ether oxygens (including phenoxy) is 1. The van der Waals surface area contributed by atoms with Gasteiger partial charge in [-0.15, -0.1) is 11.3 Å². The van der Waals surface area contributed by atoms with Crippen LogP contribution in [0.1, 0.15) is 73.9 Å². The highest BCUT2D eigenvalue weighted by Gasteiger charge is 2.32. The zero-order valence-corrected chi connectivity index (χ0v) is 24.1. The van der Waals surface area contributed by atoms with Crippen LogP contribution in [-0.2, 0) is 10.0 Å². The van der Waals surface area contributed by atoms with E-state index < -0.39 is 27.4 Å². The van der Waals surface area contributed by atoms with Crippen molar-refractivity contribution in [2.75, 3.05) is 11.8 Å². The standard InChI is InChI=1S/C28H32F2N2O5S2/c1-15-18(10-11-19(25(15)30)16-6-8-17(9-7-16)28(2,3)4)26-31-24(14-38-26)39(35,36)32-22-13-21(29)20(27(33)34)12-23(22)37-5/h10-14,16-17,32H,6-9H2,1-5H3,(H,33,34). The normalized spacial score (nSPS) is 18.1. The van der Waals surface area contributed by atoms with E-state index in [-0.39, 0.29) is 33.6 Å². The lowest BCUT2D eigenvalue weighted by atomic mass is 9.68. The number of anilines is 1. The summed E-state index contributed by atoms with van der Waals surface area (Å²) in [5, 5.41) is 10.4. The molecule has 11 heteroatoms. The number of thiazole rings is 1. The maximum absolute atomic E-state index is 15.6. The summed E-state index contributed by atoms with van der Waals surface area (Å²) in [6.45, 7) is 8.42. The molecule has 0 amide bonds. The Labute approximate surface area is 231 Å². The fourth-order valence-corrected chi connectivity index (χ4v) is 7.43. The van der Waals surface area contributed by atoms with E-state index in [1.807, 2.05) is 0 Å². The Kier molecular flexibility index (Phi) is 8.05. The lowest BCUT2D eigenvalue weighted by Crippen LogP contribution is -2.25. The number of methoxy groups -OCH3 is 1. The van der Waals surface area contributed by atoms with Crippen molar-refractivity contribution in [2.45, 2.75) is 64.3 Å². The highest BCUT2D eigenvalue weighted by Crippen LogP contribution is 2.44. The van der Waals surface area contributed by atoms with Gasteiger partial charge in [0.2, 0.25) is 0 Å². The third-order valence-electron chi connectivity index (χ3n) is 7.56. The van der Waals surface area contributed by atoms with Gasteiger partial charge in [0.1, 0.15) is 22.4 Å². The lowest BCUT2D eigenvalue weighted by Gasteiger charge is -2.37. The van der Waals surface area contributed by atoms with Crippen LogP contribution in [0.3, 0.4) is 0 Å². The van der Waals surface area contributed by atoms with Gasteiger partial charge in [0, 0.05) is 17.0 Å². The number of halogens is 2. The SMILES string of the molecule is COc1cc(C(=O)O)c(F)cc1NS(=O)(=O)c1csc(-c2ccc(C3CCC(C(C)(C)C)CC3)c(F)c2C)n1. The molecule has 7 nitrogen and oxygen atoms in total. The average Bonchev–Trinajstić information content (AvgIpc) is 3.36. The van der Waals surface area contributed by atoms with Crippen molar-refractivity contribution in [1.82, 2.24) is 4.98 Å². The Hall–Kier alpha value is -3.05. The molecule has 0 saturated heterocycles. The van der Waals surface area contributed by atoms with Gasteiger partial charge in [-0.1, -0.05) is 32.9 Å². The van der Waals surface area contributed by atoms with Crippen LogP contribution in [0.2, 0.25) is 0 Å². The highest BCUT2D eigenvalue weighted by molar-refractivity contribution is 7.92. The van der Waals surface area contributed by atoms with Gasteiger partial charge in [0.25, 0.3) is 10.0 Å². The molecule has 0 radical (unpaired) electrons. The topological polar surface area (TPSA) is 106 Å². The Morgan fingerprint density at radius 1 is 1.15 bits per heavy atom. The van der Waals surface area contributed by atoms with Crippen molar-refractivity contribution in [2.24, 2.45) is 11.3 Å². The Morgan fingerprint density at radius 3 is 2.41 bits per heavy atom. The minimum atomic E-state index is -4.29. The van der Waals surface area contributed by atoms with Gasteiger partial charge in [-0.05, 0) is 67.1 Å². The largest absolute Gasteiger partial charge is 0.495 e. The fourth-order valence-electron chi connectivity index (χ4n) is 5.19. The van der Waals surface area contributed by atoms with Crippen LogP contribution in [-0.4, -0.2) is 31.6 Å². The van der Waals surface area contributed by atoms with Crippen LogP contribution in [0.25, 0.3) is 10.6 Å². The summed E-state index contributed by atoms with van der Waals surface area (Å²) in [4.78, 5) is 15.4. The smallest absolute Gasteiger partial charge is 0.338 e. The molecule has 1 heterocycles. The first kappa shape index (κ1) is 28.9. The van der Waals surface area contributed by atoms with E-state index >= 15 is 4.39 Å². The predicted octanol–water partition coefficient (Wildman–Crippen LogP) is 7.22. The minimum absolute atomic E-state index is 0.149. The molecule has 2 aromatic carbocycles. The molecule has 1 saturated carbocycles. The average molecular weight is 579 g/mol. The summed E-state index contributed by atoms with van der Waals surface area (Å²) >= 11 is 1.05. The van der Waals surface area contributed by atoms with Crippen molar-refractivity contribution in [3.05, 3.63) is 58.0 Å². The lowest BCUT2D eigenvalue weighted by molar-refractivity contribution is 0.0691. The van der Waals surface area contributed by atoms with Crippen molar-refractivity contribution in [3.8, 4) is 16.3 Å². The number of nitrogens with one attached hydrogen (secondary N) is 1. The van der Waals surface area contributed by atoms with E-state index in [0.717, 1.165) is 49.2 Å². The number of sulfonamides is 1. The van der Waals surface area contributed by atoms with Crippen LogP contribution >= 0.6 is 11.3 Å². The van der Waals surface area contributed by atoms with E-state index in [1.165, 1.54) is 12.5 Å². The zero-order valence-electron chi connectivity index (χ0n) is 22.5. The third kappa shape index (κ3) is 5.94. The molecule has 0 unspecified atom stereocenters. The second kappa shape index (κ2) is 10.8. The van der Waals surface area contributed by atoms with Crippen LogP contribution in [0.15, 0.2) is 34.7 Å². The number of hydrogen-bond donors (Lipinski definition) is 2. The summed E-state index contributed by atoms with van der Waals surface area (Å²) in [6.07, 6.45) is 3.98. The number of aromatic carboxylic acids is 1. The van der Waals surface area contributed by atoms with Gasteiger partial charge in [-0.2, -0.15) is 8.42 Å². The molecular weight excluding hydrogens is 546 g/mol. The first-order valence-corrected chi connectivity index (χ1v) is 15.0.